The lowest BCUT2D eigenvalue weighted by atomic mass is 10.1. The van der Waals surface area contributed by atoms with E-state index < -0.39 is 0 Å². The highest BCUT2D eigenvalue weighted by Gasteiger charge is 2.01. The maximum Gasteiger partial charge on any atom is 0.0433 e. The van der Waals surface area contributed by atoms with Gasteiger partial charge < -0.3 is 5.73 Å². The van der Waals surface area contributed by atoms with Crippen LogP contribution in [0.3, 0.4) is 0 Å². The summed E-state index contributed by atoms with van der Waals surface area (Å²) in [7, 11) is 0. The standard InChI is InChI=1S/C18H22N2/c1-15-7-5-3-2-4-6-8-18(15)20-14-13-16-9-11-17(19)12-10-16/h2-5,7,9-12H,6,8,13-14,19H2,1H3/b4-2+,5-3-,15-7+,20-18?. The molecule has 0 saturated heterocycles. The average Bonchev–Trinajstić information content (AvgIpc) is 2.55. The van der Waals surface area contributed by atoms with Gasteiger partial charge in [-0.2, -0.15) is 0 Å². The molecule has 0 atom stereocenters. The summed E-state index contributed by atoms with van der Waals surface area (Å²) in [4.78, 5) is 4.77. The van der Waals surface area contributed by atoms with Gasteiger partial charge >= 0.3 is 0 Å². The molecule has 2 heteroatoms. The summed E-state index contributed by atoms with van der Waals surface area (Å²) in [6.07, 6.45) is 13.6. The molecule has 1 aliphatic rings. The summed E-state index contributed by atoms with van der Waals surface area (Å²) in [6, 6.07) is 8.05. The van der Waals surface area contributed by atoms with Crippen LogP contribution in [0.4, 0.5) is 5.69 Å². The minimum Gasteiger partial charge on any atom is -0.399 e. The Balaban J connectivity index is 1.98. The van der Waals surface area contributed by atoms with Gasteiger partial charge in [0.1, 0.15) is 0 Å². The lowest BCUT2D eigenvalue weighted by Crippen LogP contribution is -2.02. The Morgan fingerprint density at radius 3 is 2.70 bits per heavy atom. The zero-order valence-corrected chi connectivity index (χ0v) is 12.0. The maximum absolute atomic E-state index is 5.69. The first kappa shape index (κ1) is 14.3. The number of aliphatic imine (C=N–C) groups is 1. The minimum atomic E-state index is 0.814. The van der Waals surface area contributed by atoms with E-state index in [1.54, 1.807) is 0 Å². The number of hydrogen-bond acceptors (Lipinski definition) is 2. The average molecular weight is 266 g/mol. The van der Waals surface area contributed by atoms with E-state index >= 15 is 0 Å². The summed E-state index contributed by atoms with van der Waals surface area (Å²) in [5, 5.41) is 0. The van der Waals surface area contributed by atoms with Gasteiger partial charge in [0.05, 0.1) is 0 Å². The van der Waals surface area contributed by atoms with E-state index in [4.69, 9.17) is 10.7 Å². The van der Waals surface area contributed by atoms with Crippen molar-refractivity contribution < 1.29 is 0 Å². The molecule has 0 amide bonds. The number of hydrogen-bond donors (Lipinski definition) is 1. The van der Waals surface area contributed by atoms with Crippen molar-refractivity contribution in [1.82, 2.24) is 0 Å². The van der Waals surface area contributed by atoms with Crippen molar-refractivity contribution >= 4 is 11.4 Å². The number of nitrogen functional groups attached to an aromatic ring is 1. The Morgan fingerprint density at radius 1 is 1.10 bits per heavy atom. The van der Waals surface area contributed by atoms with Crippen LogP contribution in [-0.2, 0) is 6.42 Å². The molecule has 0 aliphatic heterocycles. The third-order valence-electron chi connectivity index (χ3n) is 3.39. The summed E-state index contributed by atoms with van der Waals surface area (Å²) in [5.74, 6) is 0. The molecule has 0 bridgehead atoms. The molecule has 1 aromatic carbocycles. The molecule has 0 fully saturated rings. The van der Waals surface area contributed by atoms with Crippen molar-refractivity contribution in [2.75, 3.05) is 12.3 Å². The first-order valence-electron chi connectivity index (χ1n) is 7.14. The quantitative estimate of drug-likeness (QED) is 0.822. The fraction of sp³-hybridized carbons (Fsp3) is 0.278. The van der Waals surface area contributed by atoms with Crippen LogP contribution in [-0.4, -0.2) is 12.3 Å². The predicted molar refractivity (Wildman–Crippen MR) is 88.1 cm³/mol. The number of allylic oxidation sites excluding steroid dienone is 6. The Hall–Kier alpha value is -2.09. The van der Waals surface area contributed by atoms with Crippen LogP contribution in [0.5, 0.6) is 0 Å². The number of rotatable bonds is 3. The highest BCUT2D eigenvalue weighted by molar-refractivity contribution is 6.00. The molecule has 1 aliphatic carbocycles. The molecule has 0 heterocycles. The van der Waals surface area contributed by atoms with Crippen molar-refractivity contribution in [3.63, 3.8) is 0 Å². The monoisotopic (exact) mass is 266 g/mol. The minimum absolute atomic E-state index is 0.814. The first-order valence-corrected chi connectivity index (χ1v) is 7.14. The first-order chi connectivity index (χ1) is 9.75. The Kier molecular flexibility index (Phi) is 5.36. The number of anilines is 1. The lowest BCUT2D eigenvalue weighted by Gasteiger charge is -2.06. The normalized spacial score (nSPS) is 23.2. The molecule has 104 valence electrons. The van der Waals surface area contributed by atoms with Crippen molar-refractivity contribution in [3.05, 3.63) is 65.8 Å². The van der Waals surface area contributed by atoms with Gasteiger partial charge in [0.15, 0.2) is 0 Å². The molecular formula is C18H22N2. The molecule has 0 unspecified atom stereocenters. The van der Waals surface area contributed by atoms with Crippen LogP contribution in [0, 0.1) is 0 Å². The smallest absolute Gasteiger partial charge is 0.0433 e. The number of benzene rings is 1. The molecule has 2 N–H and O–H groups in total. The van der Waals surface area contributed by atoms with Gasteiger partial charge in [0.25, 0.3) is 0 Å². The van der Waals surface area contributed by atoms with Crippen molar-refractivity contribution in [1.29, 1.82) is 0 Å². The van der Waals surface area contributed by atoms with Gasteiger partial charge in [0, 0.05) is 17.9 Å². The van der Waals surface area contributed by atoms with Crippen molar-refractivity contribution in [2.45, 2.75) is 26.2 Å². The zero-order chi connectivity index (χ0) is 14.2. The second-order valence-corrected chi connectivity index (χ2v) is 5.02. The van der Waals surface area contributed by atoms with Crippen LogP contribution >= 0.6 is 0 Å². The van der Waals surface area contributed by atoms with E-state index in [9.17, 15) is 0 Å². The van der Waals surface area contributed by atoms with Gasteiger partial charge in [-0.1, -0.05) is 42.5 Å². The Morgan fingerprint density at radius 2 is 1.90 bits per heavy atom. The van der Waals surface area contributed by atoms with Gasteiger partial charge in [0.2, 0.25) is 0 Å². The van der Waals surface area contributed by atoms with Crippen LogP contribution in [0.2, 0.25) is 0 Å². The second kappa shape index (κ2) is 7.49. The molecule has 2 rings (SSSR count). The molecular weight excluding hydrogens is 244 g/mol. The van der Waals surface area contributed by atoms with E-state index in [0.717, 1.165) is 31.5 Å². The van der Waals surface area contributed by atoms with E-state index in [1.807, 2.05) is 12.1 Å². The SMILES string of the molecule is C\C1=C/C=C\C=C\CCC1=NCCc1ccc(N)cc1. The topological polar surface area (TPSA) is 38.4 Å². The van der Waals surface area contributed by atoms with Crippen LogP contribution in [0.25, 0.3) is 0 Å². The van der Waals surface area contributed by atoms with Gasteiger partial charge in [-0.25, -0.2) is 0 Å². The molecule has 0 spiro atoms. The fourth-order valence-electron chi connectivity index (χ4n) is 2.16. The number of nitrogens with two attached hydrogens (primary N) is 1. The van der Waals surface area contributed by atoms with E-state index in [2.05, 4.69) is 49.4 Å². The highest BCUT2D eigenvalue weighted by atomic mass is 14.7. The molecule has 20 heavy (non-hydrogen) atoms. The summed E-state index contributed by atoms with van der Waals surface area (Å²) in [5.41, 5.74) is 10.3. The maximum atomic E-state index is 5.69. The lowest BCUT2D eigenvalue weighted by molar-refractivity contribution is 0.951. The third-order valence-corrected chi connectivity index (χ3v) is 3.39. The summed E-state index contributed by atoms with van der Waals surface area (Å²) in [6.45, 7) is 2.97. The summed E-state index contributed by atoms with van der Waals surface area (Å²) >= 11 is 0. The molecule has 0 aromatic heterocycles. The molecule has 1 aromatic rings. The Bertz CT molecular complexity index is 545. The van der Waals surface area contributed by atoms with E-state index in [-0.39, 0.29) is 0 Å². The van der Waals surface area contributed by atoms with Gasteiger partial charge in [-0.15, -0.1) is 0 Å². The van der Waals surface area contributed by atoms with Crippen LogP contribution in [0.1, 0.15) is 25.3 Å². The number of nitrogens with zero attached hydrogens (tertiary/aromatic N) is 1. The summed E-state index contributed by atoms with van der Waals surface area (Å²) < 4.78 is 0. The van der Waals surface area contributed by atoms with Crippen molar-refractivity contribution in [3.8, 4) is 0 Å². The largest absolute Gasteiger partial charge is 0.399 e. The zero-order valence-electron chi connectivity index (χ0n) is 12.0. The van der Waals surface area contributed by atoms with E-state index in [1.165, 1.54) is 16.8 Å². The fourth-order valence-corrected chi connectivity index (χ4v) is 2.16. The van der Waals surface area contributed by atoms with Crippen molar-refractivity contribution in [2.24, 2.45) is 4.99 Å². The van der Waals surface area contributed by atoms with Gasteiger partial charge in [-0.3, -0.25) is 4.99 Å². The molecule has 0 radical (unpaired) electrons. The van der Waals surface area contributed by atoms with Crippen LogP contribution in [0.15, 0.2) is 65.2 Å². The van der Waals surface area contributed by atoms with Crippen LogP contribution < -0.4 is 5.73 Å². The third kappa shape index (κ3) is 4.54. The highest BCUT2D eigenvalue weighted by Crippen LogP contribution is 2.10. The van der Waals surface area contributed by atoms with Gasteiger partial charge in [-0.05, 0) is 49.5 Å². The molecule has 0 saturated carbocycles. The molecule has 2 nitrogen and oxygen atoms in total. The Labute approximate surface area is 121 Å². The second-order valence-electron chi connectivity index (χ2n) is 5.02. The predicted octanol–water partition coefficient (Wildman–Crippen LogP) is 4.10. The van der Waals surface area contributed by atoms with E-state index in [0.29, 0.717) is 0 Å².